The molecule has 3 aromatic rings. The van der Waals surface area contributed by atoms with Crippen LogP contribution in [0, 0.1) is 12.3 Å². The van der Waals surface area contributed by atoms with Gasteiger partial charge in [0.05, 0.1) is 9.71 Å². The summed E-state index contributed by atoms with van der Waals surface area (Å²) in [6.07, 6.45) is 1.22. The van der Waals surface area contributed by atoms with Gasteiger partial charge in [-0.25, -0.2) is 4.98 Å². The van der Waals surface area contributed by atoms with Gasteiger partial charge in [-0.3, -0.25) is 4.79 Å². The summed E-state index contributed by atoms with van der Waals surface area (Å²) in [5.41, 5.74) is 9.13. The van der Waals surface area contributed by atoms with E-state index in [1.807, 2.05) is 19.1 Å². The molecule has 0 aliphatic heterocycles. The second-order valence-electron chi connectivity index (χ2n) is 5.28. The van der Waals surface area contributed by atoms with E-state index >= 15 is 0 Å². The van der Waals surface area contributed by atoms with E-state index in [9.17, 15) is 4.79 Å². The number of nitrogens with two attached hydrogens (primary N) is 1. The van der Waals surface area contributed by atoms with Crippen molar-refractivity contribution in [3.05, 3.63) is 46.1 Å². The van der Waals surface area contributed by atoms with Gasteiger partial charge < -0.3 is 21.0 Å². The molecule has 7 heteroatoms. The van der Waals surface area contributed by atoms with Crippen LogP contribution in [-0.2, 0) is 13.6 Å². The van der Waals surface area contributed by atoms with Gasteiger partial charge in [0.25, 0.3) is 5.91 Å². The molecule has 6 nitrogen and oxygen atoms in total. The summed E-state index contributed by atoms with van der Waals surface area (Å²) < 4.78 is 2.62. The van der Waals surface area contributed by atoms with Crippen molar-refractivity contribution in [1.29, 1.82) is 5.41 Å². The van der Waals surface area contributed by atoms with Crippen LogP contribution in [0.5, 0.6) is 0 Å². The molecule has 0 spiro atoms. The summed E-state index contributed by atoms with van der Waals surface area (Å²) in [7, 11) is 1.80. The van der Waals surface area contributed by atoms with Crippen LogP contribution in [-0.4, -0.2) is 21.7 Å². The van der Waals surface area contributed by atoms with Crippen LogP contribution < -0.4 is 11.1 Å². The van der Waals surface area contributed by atoms with Crippen molar-refractivity contribution < 1.29 is 4.79 Å². The molecule has 118 valence electrons. The molecular weight excluding hydrogens is 310 g/mol. The minimum Gasteiger partial charge on any atom is -0.399 e. The van der Waals surface area contributed by atoms with Crippen molar-refractivity contribution in [3.63, 3.8) is 0 Å². The monoisotopic (exact) mass is 327 g/mol. The van der Waals surface area contributed by atoms with E-state index in [1.165, 1.54) is 17.6 Å². The van der Waals surface area contributed by atoms with Gasteiger partial charge in [-0.15, -0.1) is 11.3 Å². The molecule has 0 atom stereocenters. The third-order valence-corrected chi connectivity index (χ3v) is 4.65. The van der Waals surface area contributed by atoms with Crippen LogP contribution in [0.25, 0.3) is 10.3 Å². The van der Waals surface area contributed by atoms with E-state index in [4.69, 9.17) is 11.1 Å². The number of amides is 1. The largest absolute Gasteiger partial charge is 0.399 e. The Labute approximate surface area is 137 Å². The molecule has 23 heavy (non-hydrogen) atoms. The van der Waals surface area contributed by atoms with Gasteiger partial charge in [-0.1, -0.05) is 12.1 Å². The average Bonchev–Trinajstić information content (AvgIpc) is 3.03. The van der Waals surface area contributed by atoms with E-state index < -0.39 is 0 Å². The normalized spacial score (nSPS) is 10.9. The van der Waals surface area contributed by atoms with Gasteiger partial charge in [-0.05, 0) is 24.6 Å². The van der Waals surface area contributed by atoms with Crippen LogP contribution in [0.1, 0.15) is 26.6 Å². The Morgan fingerprint density at radius 2 is 2.13 bits per heavy atom. The van der Waals surface area contributed by atoms with Gasteiger partial charge in [-0.2, -0.15) is 0 Å². The van der Waals surface area contributed by atoms with Crippen LogP contribution in [0.4, 0.5) is 5.69 Å². The fourth-order valence-corrected chi connectivity index (χ4v) is 3.49. The van der Waals surface area contributed by atoms with Crippen LogP contribution >= 0.6 is 11.3 Å². The number of thiazole rings is 1. The van der Waals surface area contributed by atoms with Crippen molar-refractivity contribution in [2.45, 2.75) is 13.5 Å². The number of rotatable bonds is 4. The highest BCUT2D eigenvalue weighted by Crippen LogP contribution is 2.29. The lowest BCUT2D eigenvalue weighted by molar-refractivity contribution is 0.0943. The van der Waals surface area contributed by atoms with Crippen molar-refractivity contribution >= 4 is 39.5 Å². The van der Waals surface area contributed by atoms with Crippen molar-refractivity contribution in [2.75, 3.05) is 5.73 Å². The molecule has 0 saturated carbocycles. The number of anilines is 1. The second-order valence-corrected chi connectivity index (χ2v) is 6.48. The molecule has 2 heterocycles. The highest BCUT2D eigenvalue weighted by atomic mass is 32.1. The number of nitrogen functional groups attached to an aromatic ring is 1. The summed E-state index contributed by atoms with van der Waals surface area (Å²) in [5.74, 6) is -0.217. The quantitative estimate of drug-likeness (QED) is 0.507. The Hall–Kier alpha value is -2.67. The molecule has 2 aromatic heterocycles. The fraction of sp³-hybridized carbons (Fsp3) is 0.188. The van der Waals surface area contributed by atoms with Gasteiger partial charge >= 0.3 is 0 Å². The number of benzene rings is 1. The van der Waals surface area contributed by atoms with Gasteiger partial charge in [0.15, 0.2) is 5.65 Å². The highest BCUT2D eigenvalue weighted by molar-refractivity contribution is 7.18. The number of aromatic nitrogens is 2. The molecule has 0 saturated heterocycles. The van der Waals surface area contributed by atoms with Gasteiger partial charge in [0.2, 0.25) is 0 Å². The first-order valence-corrected chi connectivity index (χ1v) is 7.92. The first kappa shape index (κ1) is 15.2. The molecule has 3 rings (SSSR count). The number of hydrogen-bond acceptors (Lipinski definition) is 5. The third-order valence-electron chi connectivity index (χ3n) is 3.66. The molecule has 1 aromatic carbocycles. The summed E-state index contributed by atoms with van der Waals surface area (Å²) in [4.78, 5) is 17.0. The second kappa shape index (κ2) is 5.85. The van der Waals surface area contributed by atoms with Crippen LogP contribution in [0.2, 0.25) is 0 Å². The summed E-state index contributed by atoms with van der Waals surface area (Å²) in [5, 5.41) is 11.5. The molecule has 0 radical (unpaired) electrons. The molecule has 0 bridgehead atoms. The minimum absolute atomic E-state index is 0.217. The van der Waals surface area contributed by atoms with E-state index in [-0.39, 0.29) is 5.91 Å². The lowest BCUT2D eigenvalue weighted by Crippen LogP contribution is -2.26. The number of carbonyl (C=O) groups is 1. The number of nitrogens with zero attached hydrogens (tertiary/aromatic N) is 2. The molecule has 0 aliphatic rings. The van der Waals surface area contributed by atoms with E-state index in [2.05, 4.69) is 10.3 Å². The molecule has 0 unspecified atom stereocenters. The summed E-state index contributed by atoms with van der Waals surface area (Å²) in [6, 6.07) is 7.36. The van der Waals surface area contributed by atoms with Crippen LogP contribution in [0.3, 0.4) is 0 Å². The minimum atomic E-state index is -0.217. The van der Waals surface area contributed by atoms with Crippen LogP contribution in [0.15, 0.2) is 24.3 Å². The Kier molecular flexibility index (Phi) is 3.87. The Morgan fingerprint density at radius 1 is 1.43 bits per heavy atom. The summed E-state index contributed by atoms with van der Waals surface area (Å²) >= 11 is 1.49. The van der Waals surface area contributed by atoms with E-state index in [0.717, 1.165) is 20.9 Å². The first-order chi connectivity index (χ1) is 11.0. The summed E-state index contributed by atoms with van der Waals surface area (Å²) in [6.45, 7) is 2.32. The Bertz CT molecular complexity index is 891. The number of hydrogen-bond donors (Lipinski definition) is 3. The van der Waals surface area contributed by atoms with E-state index in [1.54, 1.807) is 23.7 Å². The predicted octanol–water partition coefficient (Wildman–Crippen LogP) is 2.45. The molecule has 4 N–H and O–H groups in total. The number of carbonyl (C=O) groups excluding carboxylic acids is 1. The average molecular weight is 327 g/mol. The zero-order valence-electron chi connectivity index (χ0n) is 12.9. The Balaban J connectivity index is 1.88. The number of aryl methyl sites for hydroxylation is 2. The zero-order chi connectivity index (χ0) is 16.6. The standard InChI is InChI=1S/C16H17N5OS/c1-9-20-15-14(23-9)12(7-17)13(21(15)2)16(22)19-8-10-3-5-11(18)6-4-10/h3-7,17H,8,18H2,1-2H3,(H,19,22). The van der Waals surface area contributed by atoms with Gasteiger partial charge in [0.1, 0.15) is 5.69 Å². The van der Waals surface area contributed by atoms with Gasteiger partial charge in [0, 0.05) is 31.1 Å². The molecule has 1 amide bonds. The smallest absolute Gasteiger partial charge is 0.268 e. The molecular formula is C16H17N5OS. The zero-order valence-corrected chi connectivity index (χ0v) is 13.7. The molecule has 0 aliphatic carbocycles. The topological polar surface area (TPSA) is 96.8 Å². The maximum Gasteiger partial charge on any atom is 0.268 e. The fourth-order valence-electron chi connectivity index (χ4n) is 2.52. The highest BCUT2D eigenvalue weighted by Gasteiger charge is 2.22. The van der Waals surface area contributed by atoms with Crippen molar-refractivity contribution in [2.24, 2.45) is 7.05 Å². The predicted molar refractivity (Wildman–Crippen MR) is 93.2 cm³/mol. The van der Waals surface area contributed by atoms with E-state index in [0.29, 0.717) is 23.5 Å². The Morgan fingerprint density at radius 3 is 2.78 bits per heavy atom. The maximum atomic E-state index is 12.6. The lowest BCUT2D eigenvalue weighted by atomic mass is 10.2. The lowest BCUT2D eigenvalue weighted by Gasteiger charge is -2.08. The SMILES string of the molecule is Cc1nc2c(s1)c(C=N)c(C(=O)NCc1ccc(N)cc1)n2C. The third kappa shape index (κ3) is 2.70. The van der Waals surface area contributed by atoms with Crippen molar-refractivity contribution in [3.8, 4) is 0 Å². The number of fused-ring (bicyclic) bond motifs is 1. The van der Waals surface area contributed by atoms with Crippen molar-refractivity contribution in [1.82, 2.24) is 14.9 Å². The number of nitrogens with one attached hydrogen (secondary N) is 2. The maximum absolute atomic E-state index is 12.6. The molecule has 0 fully saturated rings. The first-order valence-electron chi connectivity index (χ1n) is 7.10.